The van der Waals surface area contributed by atoms with Crippen LogP contribution in [-0.4, -0.2) is 38.8 Å². The van der Waals surface area contributed by atoms with E-state index < -0.39 is 0 Å². The minimum absolute atomic E-state index is 0.191. The van der Waals surface area contributed by atoms with Crippen molar-refractivity contribution < 1.29 is 9.47 Å². The molecule has 0 bridgehead atoms. The topological polar surface area (TPSA) is 21.7 Å². The second-order valence-electron chi connectivity index (χ2n) is 5.25. The highest BCUT2D eigenvalue weighted by Crippen LogP contribution is 2.48. The van der Waals surface area contributed by atoms with Crippen LogP contribution in [0, 0.1) is 0 Å². The number of para-hydroxylation sites is 1. The smallest absolute Gasteiger partial charge is 0.165 e. The number of ether oxygens (including phenoxy) is 2. The average Bonchev–Trinajstić information content (AvgIpc) is 2.68. The van der Waals surface area contributed by atoms with Crippen molar-refractivity contribution in [2.24, 2.45) is 0 Å². The first-order valence-corrected chi connectivity index (χ1v) is 6.24. The van der Waals surface area contributed by atoms with E-state index >= 15 is 0 Å². The van der Waals surface area contributed by atoms with Crippen molar-refractivity contribution in [3.63, 3.8) is 0 Å². The molecule has 2 aliphatic heterocycles. The Labute approximate surface area is 102 Å². The predicted octanol–water partition coefficient (Wildman–Crippen LogP) is 2.05. The molecule has 0 aliphatic carbocycles. The number of likely N-dealkylation sites (tertiary alicyclic amines) is 1. The fourth-order valence-electron chi connectivity index (χ4n) is 3.23. The summed E-state index contributed by atoms with van der Waals surface area (Å²) in [6.45, 7) is 3.08. The lowest BCUT2D eigenvalue weighted by molar-refractivity contribution is 0.143. The zero-order valence-corrected chi connectivity index (χ0v) is 10.5. The minimum Gasteiger partial charge on any atom is -0.493 e. The summed E-state index contributed by atoms with van der Waals surface area (Å²) < 4.78 is 11.3. The lowest BCUT2D eigenvalue weighted by Crippen LogP contribution is -2.45. The van der Waals surface area contributed by atoms with Crippen LogP contribution in [0.1, 0.15) is 18.4 Å². The number of piperidine rings is 1. The Kier molecular flexibility index (Phi) is 2.51. The Morgan fingerprint density at radius 3 is 3.06 bits per heavy atom. The molecular weight excluding hydrogens is 214 g/mol. The zero-order valence-electron chi connectivity index (χ0n) is 10.5. The maximum Gasteiger partial charge on any atom is 0.165 e. The van der Waals surface area contributed by atoms with Crippen molar-refractivity contribution in [1.29, 1.82) is 0 Å². The second-order valence-corrected chi connectivity index (χ2v) is 5.25. The second kappa shape index (κ2) is 3.91. The molecule has 0 aromatic heterocycles. The lowest BCUT2D eigenvalue weighted by Gasteiger charge is -2.37. The summed E-state index contributed by atoms with van der Waals surface area (Å²) in [6, 6.07) is 6.25. The van der Waals surface area contributed by atoms with Crippen molar-refractivity contribution in [3.05, 3.63) is 23.8 Å². The fourth-order valence-corrected chi connectivity index (χ4v) is 3.23. The molecule has 0 saturated carbocycles. The van der Waals surface area contributed by atoms with Crippen LogP contribution < -0.4 is 9.47 Å². The van der Waals surface area contributed by atoms with Gasteiger partial charge in [0.15, 0.2) is 11.5 Å². The predicted molar refractivity (Wildman–Crippen MR) is 66.9 cm³/mol. The highest BCUT2D eigenvalue weighted by atomic mass is 16.5. The minimum atomic E-state index is 0.191. The van der Waals surface area contributed by atoms with Gasteiger partial charge in [-0.1, -0.05) is 12.1 Å². The molecule has 3 nitrogen and oxygen atoms in total. The maximum absolute atomic E-state index is 5.91. The van der Waals surface area contributed by atoms with E-state index in [-0.39, 0.29) is 5.41 Å². The summed E-state index contributed by atoms with van der Waals surface area (Å²) in [7, 11) is 3.90. The van der Waals surface area contributed by atoms with Crippen molar-refractivity contribution in [2.75, 3.05) is 33.9 Å². The van der Waals surface area contributed by atoms with Gasteiger partial charge in [0, 0.05) is 17.5 Å². The Morgan fingerprint density at radius 1 is 1.41 bits per heavy atom. The first-order valence-electron chi connectivity index (χ1n) is 6.24. The van der Waals surface area contributed by atoms with Gasteiger partial charge in [-0.25, -0.2) is 0 Å². The van der Waals surface area contributed by atoms with E-state index in [1.54, 1.807) is 7.11 Å². The maximum atomic E-state index is 5.91. The highest BCUT2D eigenvalue weighted by Gasteiger charge is 2.44. The Bertz CT molecular complexity index is 432. The van der Waals surface area contributed by atoms with Crippen LogP contribution in [0.2, 0.25) is 0 Å². The van der Waals surface area contributed by atoms with Crippen LogP contribution in [-0.2, 0) is 5.41 Å². The number of fused-ring (bicyclic) bond motifs is 2. The van der Waals surface area contributed by atoms with Crippen molar-refractivity contribution in [3.8, 4) is 11.5 Å². The molecule has 0 radical (unpaired) electrons. The molecule has 0 N–H and O–H groups in total. The first kappa shape index (κ1) is 10.9. The number of benzene rings is 1. The molecule has 1 atom stereocenters. The monoisotopic (exact) mass is 233 g/mol. The van der Waals surface area contributed by atoms with E-state index in [0.29, 0.717) is 0 Å². The molecule has 92 valence electrons. The standard InChI is InChI=1S/C14H19NO2/c1-15-8-4-7-14(9-15)10-17-13-11(14)5-3-6-12(13)16-2/h3,5-6H,4,7-10H2,1-2H3. The van der Waals surface area contributed by atoms with Gasteiger partial charge in [0.05, 0.1) is 13.7 Å². The Morgan fingerprint density at radius 2 is 2.29 bits per heavy atom. The van der Waals surface area contributed by atoms with Gasteiger partial charge >= 0.3 is 0 Å². The Balaban J connectivity index is 2.03. The van der Waals surface area contributed by atoms with E-state index in [1.165, 1.54) is 24.9 Å². The van der Waals surface area contributed by atoms with Gasteiger partial charge in [0.1, 0.15) is 0 Å². The van der Waals surface area contributed by atoms with Crippen LogP contribution in [0.4, 0.5) is 0 Å². The third-order valence-corrected chi connectivity index (χ3v) is 4.03. The average molecular weight is 233 g/mol. The molecule has 2 aliphatic rings. The third kappa shape index (κ3) is 1.61. The molecule has 0 amide bonds. The number of nitrogens with zero attached hydrogens (tertiary/aromatic N) is 1. The van der Waals surface area contributed by atoms with Gasteiger partial charge in [-0.05, 0) is 32.5 Å². The number of likely N-dealkylation sites (N-methyl/N-ethyl adjacent to an activating group) is 1. The number of methoxy groups -OCH3 is 1. The summed E-state index contributed by atoms with van der Waals surface area (Å²) in [6.07, 6.45) is 2.47. The molecule has 3 rings (SSSR count). The normalized spacial score (nSPS) is 27.9. The molecule has 2 heterocycles. The lowest BCUT2D eigenvalue weighted by atomic mass is 9.76. The van der Waals surface area contributed by atoms with Crippen molar-refractivity contribution in [1.82, 2.24) is 4.90 Å². The van der Waals surface area contributed by atoms with Crippen LogP contribution in [0.25, 0.3) is 0 Å². The molecular formula is C14H19NO2. The molecule has 1 saturated heterocycles. The summed E-state index contributed by atoms with van der Waals surface area (Å²) in [5, 5.41) is 0. The van der Waals surface area contributed by atoms with Gasteiger partial charge in [-0.2, -0.15) is 0 Å². The quantitative estimate of drug-likeness (QED) is 0.741. The summed E-state index contributed by atoms with van der Waals surface area (Å²) in [5.74, 6) is 1.83. The van der Waals surface area contributed by atoms with Crippen LogP contribution >= 0.6 is 0 Å². The summed E-state index contributed by atoms with van der Waals surface area (Å²) in [5.41, 5.74) is 1.53. The molecule has 1 unspecified atom stereocenters. The molecule has 3 heteroatoms. The number of hydrogen-bond donors (Lipinski definition) is 0. The van der Waals surface area contributed by atoms with Gasteiger partial charge in [0.25, 0.3) is 0 Å². The molecule has 17 heavy (non-hydrogen) atoms. The van der Waals surface area contributed by atoms with Crippen molar-refractivity contribution in [2.45, 2.75) is 18.3 Å². The SMILES string of the molecule is COc1cccc2c1OCC21CCCN(C)C1. The molecule has 1 aromatic rings. The van der Waals surface area contributed by atoms with Gasteiger partial charge in [-0.3, -0.25) is 0 Å². The third-order valence-electron chi connectivity index (χ3n) is 4.03. The molecule has 1 fully saturated rings. The van der Waals surface area contributed by atoms with E-state index in [1.807, 2.05) is 6.07 Å². The number of rotatable bonds is 1. The van der Waals surface area contributed by atoms with Crippen LogP contribution in [0.15, 0.2) is 18.2 Å². The summed E-state index contributed by atoms with van der Waals surface area (Å²) in [4.78, 5) is 2.40. The summed E-state index contributed by atoms with van der Waals surface area (Å²) >= 11 is 0. The molecule has 1 aromatic carbocycles. The van der Waals surface area contributed by atoms with E-state index in [9.17, 15) is 0 Å². The number of hydrogen-bond acceptors (Lipinski definition) is 3. The zero-order chi connectivity index (χ0) is 11.9. The van der Waals surface area contributed by atoms with E-state index in [0.717, 1.165) is 24.7 Å². The fraction of sp³-hybridized carbons (Fsp3) is 0.571. The Hall–Kier alpha value is -1.22. The van der Waals surface area contributed by atoms with E-state index in [4.69, 9.17) is 9.47 Å². The van der Waals surface area contributed by atoms with Gasteiger partial charge in [-0.15, -0.1) is 0 Å². The van der Waals surface area contributed by atoms with Gasteiger partial charge in [0.2, 0.25) is 0 Å². The van der Waals surface area contributed by atoms with Crippen LogP contribution in [0.3, 0.4) is 0 Å². The first-order chi connectivity index (χ1) is 8.25. The molecule has 1 spiro atoms. The largest absolute Gasteiger partial charge is 0.493 e. The van der Waals surface area contributed by atoms with Crippen LogP contribution in [0.5, 0.6) is 11.5 Å². The van der Waals surface area contributed by atoms with Gasteiger partial charge < -0.3 is 14.4 Å². The van der Waals surface area contributed by atoms with Crippen molar-refractivity contribution >= 4 is 0 Å². The highest BCUT2D eigenvalue weighted by molar-refractivity contribution is 5.53. The van der Waals surface area contributed by atoms with E-state index in [2.05, 4.69) is 24.1 Å².